The van der Waals surface area contributed by atoms with Crippen molar-refractivity contribution in [1.82, 2.24) is 24.5 Å². The molecular formula is C26H23N5O2. The van der Waals surface area contributed by atoms with Crippen LogP contribution >= 0.6 is 0 Å². The van der Waals surface area contributed by atoms with E-state index in [4.69, 9.17) is 4.98 Å². The van der Waals surface area contributed by atoms with E-state index in [1.165, 1.54) is 22.9 Å². The van der Waals surface area contributed by atoms with Gasteiger partial charge in [-0.1, -0.05) is 29.8 Å². The number of pyridine rings is 1. The number of nitrogens with zero attached hydrogens (tertiary/aromatic N) is 3. The predicted molar refractivity (Wildman–Crippen MR) is 128 cm³/mol. The Morgan fingerprint density at radius 1 is 0.970 bits per heavy atom. The first kappa shape index (κ1) is 20.6. The molecule has 0 unspecified atom stereocenters. The van der Waals surface area contributed by atoms with Crippen LogP contribution in [0.25, 0.3) is 22.2 Å². The molecule has 0 saturated carbocycles. The highest BCUT2D eigenvalue weighted by molar-refractivity contribution is 5.82. The Bertz CT molecular complexity index is 1580. The van der Waals surface area contributed by atoms with Gasteiger partial charge in [0.15, 0.2) is 0 Å². The first-order valence-electron chi connectivity index (χ1n) is 10.7. The monoisotopic (exact) mass is 437 g/mol. The average Bonchev–Trinajstić information content (AvgIpc) is 3.13. The van der Waals surface area contributed by atoms with Gasteiger partial charge in [-0.15, -0.1) is 0 Å². The fourth-order valence-corrected chi connectivity index (χ4v) is 4.10. The first-order chi connectivity index (χ1) is 16.0. The zero-order valence-corrected chi connectivity index (χ0v) is 18.4. The van der Waals surface area contributed by atoms with E-state index < -0.39 is 11.2 Å². The number of aromatic amines is 2. The Morgan fingerprint density at radius 3 is 2.58 bits per heavy atom. The van der Waals surface area contributed by atoms with Crippen molar-refractivity contribution in [2.75, 3.05) is 0 Å². The minimum absolute atomic E-state index is 0.409. The van der Waals surface area contributed by atoms with Crippen LogP contribution in [0, 0.1) is 13.8 Å². The molecule has 33 heavy (non-hydrogen) atoms. The molecule has 0 aliphatic rings. The van der Waals surface area contributed by atoms with E-state index in [1.54, 1.807) is 12.4 Å². The number of benzene rings is 2. The van der Waals surface area contributed by atoms with E-state index in [1.807, 2.05) is 30.3 Å². The van der Waals surface area contributed by atoms with Crippen molar-refractivity contribution in [2.45, 2.75) is 26.8 Å². The smallest absolute Gasteiger partial charge is 0.323 e. The fourth-order valence-electron chi connectivity index (χ4n) is 4.10. The van der Waals surface area contributed by atoms with Crippen LogP contribution in [0.5, 0.6) is 0 Å². The molecule has 0 fully saturated rings. The third-order valence-electron chi connectivity index (χ3n) is 5.90. The number of hydrogen-bond donors (Lipinski definition) is 2. The standard InChI is InChI=1S/C26H23N5O2/c1-16-3-4-17(2)20(11-16)15-31-23-13-19(21-14-28-26(33)30-25(21)32)5-6-22(23)29-24(31)12-18-7-9-27-10-8-18/h3-11,13-14H,12,15H2,1-2H3,(H2,28,30,32,33). The summed E-state index contributed by atoms with van der Waals surface area (Å²) in [5.74, 6) is 0.935. The normalized spacial score (nSPS) is 11.2. The molecule has 3 aromatic heterocycles. The fraction of sp³-hybridized carbons (Fsp3) is 0.154. The van der Waals surface area contributed by atoms with Crippen molar-refractivity contribution in [1.29, 1.82) is 0 Å². The number of rotatable bonds is 5. The summed E-state index contributed by atoms with van der Waals surface area (Å²) in [5.41, 5.74) is 6.74. The SMILES string of the molecule is Cc1ccc(C)c(Cn2c(Cc3ccncc3)nc3ccc(-c4c[nH]c(=O)[nH]c4=O)cc32)c1. The van der Waals surface area contributed by atoms with Crippen LogP contribution < -0.4 is 11.2 Å². The zero-order chi connectivity index (χ0) is 22.9. The Labute approximate surface area is 189 Å². The molecule has 0 spiro atoms. The van der Waals surface area contributed by atoms with Crippen molar-refractivity contribution >= 4 is 11.0 Å². The second-order valence-corrected chi connectivity index (χ2v) is 8.27. The Morgan fingerprint density at radius 2 is 1.79 bits per heavy atom. The van der Waals surface area contributed by atoms with Crippen molar-refractivity contribution in [3.8, 4) is 11.1 Å². The lowest BCUT2D eigenvalue weighted by atomic mass is 10.0. The van der Waals surface area contributed by atoms with Crippen LogP contribution in [0.4, 0.5) is 0 Å². The Kier molecular flexibility index (Phi) is 5.22. The summed E-state index contributed by atoms with van der Waals surface area (Å²) in [6, 6.07) is 16.2. The molecular weight excluding hydrogens is 414 g/mol. The van der Waals surface area contributed by atoms with Gasteiger partial charge in [0.25, 0.3) is 5.56 Å². The predicted octanol–water partition coefficient (Wildman–Crippen LogP) is 3.73. The maximum atomic E-state index is 12.4. The van der Waals surface area contributed by atoms with Crippen LogP contribution in [0.15, 0.2) is 76.7 Å². The molecule has 0 amide bonds. The molecule has 0 aliphatic heterocycles. The van der Waals surface area contributed by atoms with E-state index in [0.29, 0.717) is 18.5 Å². The lowest BCUT2D eigenvalue weighted by Gasteiger charge is -2.13. The van der Waals surface area contributed by atoms with E-state index in [-0.39, 0.29) is 0 Å². The minimum Gasteiger partial charge on any atom is -0.323 e. The van der Waals surface area contributed by atoms with E-state index in [2.05, 4.69) is 51.6 Å². The zero-order valence-electron chi connectivity index (χ0n) is 18.4. The molecule has 5 aromatic rings. The van der Waals surface area contributed by atoms with Crippen molar-refractivity contribution in [2.24, 2.45) is 0 Å². The van der Waals surface area contributed by atoms with Crippen LogP contribution in [0.3, 0.4) is 0 Å². The summed E-state index contributed by atoms with van der Waals surface area (Å²) in [6.07, 6.45) is 5.68. The van der Waals surface area contributed by atoms with Crippen molar-refractivity contribution in [3.05, 3.63) is 116 Å². The molecule has 0 bridgehead atoms. The lowest BCUT2D eigenvalue weighted by Crippen LogP contribution is -2.22. The Balaban J connectivity index is 1.68. The van der Waals surface area contributed by atoms with Gasteiger partial charge in [-0.3, -0.25) is 14.8 Å². The highest BCUT2D eigenvalue weighted by Gasteiger charge is 2.15. The average molecular weight is 438 g/mol. The molecule has 3 heterocycles. The number of fused-ring (bicyclic) bond motifs is 1. The largest absolute Gasteiger partial charge is 0.325 e. The number of imidazole rings is 1. The van der Waals surface area contributed by atoms with Gasteiger partial charge in [0.05, 0.1) is 16.6 Å². The van der Waals surface area contributed by atoms with Gasteiger partial charge in [0, 0.05) is 31.6 Å². The lowest BCUT2D eigenvalue weighted by molar-refractivity contribution is 0.758. The van der Waals surface area contributed by atoms with Crippen LogP contribution in [-0.2, 0) is 13.0 Å². The van der Waals surface area contributed by atoms with Gasteiger partial charge in [-0.05, 0) is 60.4 Å². The molecule has 7 heteroatoms. The van der Waals surface area contributed by atoms with Crippen molar-refractivity contribution in [3.63, 3.8) is 0 Å². The molecule has 2 N–H and O–H groups in total. The number of aryl methyl sites for hydroxylation is 2. The molecule has 0 atom stereocenters. The summed E-state index contributed by atoms with van der Waals surface area (Å²) in [7, 11) is 0. The van der Waals surface area contributed by atoms with Gasteiger partial charge in [0.2, 0.25) is 0 Å². The minimum atomic E-state index is -0.524. The molecule has 164 valence electrons. The Hall–Kier alpha value is -4.26. The summed E-state index contributed by atoms with van der Waals surface area (Å²) < 4.78 is 2.21. The number of H-pyrrole nitrogens is 2. The van der Waals surface area contributed by atoms with Gasteiger partial charge < -0.3 is 9.55 Å². The summed E-state index contributed by atoms with van der Waals surface area (Å²) in [6.45, 7) is 4.87. The molecule has 0 radical (unpaired) electrons. The molecule has 0 saturated heterocycles. The van der Waals surface area contributed by atoms with E-state index in [9.17, 15) is 9.59 Å². The summed E-state index contributed by atoms with van der Waals surface area (Å²) in [5, 5.41) is 0. The number of aromatic nitrogens is 5. The molecule has 7 nitrogen and oxygen atoms in total. The van der Waals surface area contributed by atoms with E-state index >= 15 is 0 Å². The summed E-state index contributed by atoms with van der Waals surface area (Å²) >= 11 is 0. The van der Waals surface area contributed by atoms with Crippen molar-refractivity contribution < 1.29 is 0 Å². The molecule has 0 aliphatic carbocycles. The van der Waals surface area contributed by atoms with Gasteiger partial charge >= 0.3 is 5.69 Å². The number of hydrogen-bond acceptors (Lipinski definition) is 4. The molecule has 5 rings (SSSR count). The number of nitrogens with one attached hydrogen (secondary N) is 2. The van der Waals surface area contributed by atoms with E-state index in [0.717, 1.165) is 28.0 Å². The third-order valence-corrected chi connectivity index (χ3v) is 5.90. The van der Waals surface area contributed by atoms with Crippen LogP contribution in [-0.4, -0.2) is 24.5 Å². The molecule has 2 aromatic carbocycles. The second kappa shape index (κ2) is 8.35. The highest BCUT2D eigenvalue weighted by Crippen LogP contribution is 2.26. The second-order valence-electron chi connectivity index (χ2n) is 8.27. The van der Waals surface area contributed by atoms with Gasteiger partial charge in [-0.25, -0.2) is 9.78 Å². The van der Waals surface area contributed by atoms with Gasteiger partial charge in [-0.2, -0.15) is 0 Å². The van der Waals surface area contributed by atoms with Gasteiger partial charge in [0.1, 0.15) is 5.82 Å². The highest BCUT2D eigenvalue weighted by atomic mass is 16.2. The topological polar surface area (TPSA) is 96.4 Å². The maximum Gasteiger partial charge on any atom is 0.325 e. The first-order valence-corrected chi connectivity index (χ1v) is 10.7. The third kappa shape index (κ3) is 4.13. The quantitative estimate of drug-likeness (QED) is 0.438. The summed E-state index contributed by atoms with van der Waals surface area (Å²) in [4.78, 5) is 37.7. The van der Waals surface area contributed by atoms with Crippen LogP contribution in [0.2, 0.25) is 0 Å². The maximum absolute atomic E-state index is 12.4. The van der Waals surface area contributed by atoms with Crippen LogP contribution in [0.1, 0.15) is 28.1 Å².